The molecular weight excluding hydrogens is 340 g/mol. The maximum absolute atomic E-state index is 12.6. The van der Waals surface area contributed by atoms with Crippen molar-refractivity contribution in [2.24, 2.45) is 0 Å². The highest BCUT2D eigenvalue weighted by Gasteiger charge is 2.11. The van der Waals surface area contributed by atoms with Crippen LogP contribution in [0.5, 0.6) is 0 Å². The van der Waals surface area contributed by atoms with Gasteiger partial charge in [-0.1, -0.05) is 29.8 Å². The standard InChI is InChI=1S/C22H24N2O3/c1-14-7-8-15(2)17(11-14)12-21(26)23-20-6-4-5-19-18(20)9-10-24(22(19)27)13-16(3)25/h4-11,16,25H,12-13H2,1-3H3,(H,23,26). The predicted octanol–water partition coefficient (Wildman–Crippen LogP) is 3.18. The maximum atomic E-state index is 12.6. The molecule has 1 amide bonds. The summed E-state index contributed by atoms with van der Waals surface area (Å²) in [5.74, 6) is -0.121. The van der Waals surface area contributed by atoms with Gasteiger partial charge in [-0.25, -0.2) is 0 Å². The minimum absolute atomic E-state index is 0.121. The Bertz CT molecular complexity index is 1050. The van der Waals surface area contributed by atoms with Gasteiger partial charge in [-0.3, -0.25) is 9.59 Å². The van der Waals surface area contributed by atoms with Crippen LogP contribution in [0, 0.1) is 13.8 Å². The number of amides is 1. The summed E-state index contributed by atoms with van der Waals surface area (Å²) in [6.07, 6.45) is 1.32. The van der Waals surface area contributed by atoms with Crippen molar-refractivity contribution in [1.82, 2.24) is 4.57 Å². The van der Waals surface area contributed by atoms with Gasteiger partial charge in [0.2, 0.25) is 5.91 Å². The number of hydrogen-bond acceptors (Lipinski definition) is 3. The Morgan fingerprint density at radius 1 is 1.15 bits per heavy atom. The normalized spacial score (nSPS) is 12.1. The third-order valence-electron chi connectivity index (χ3n) is 4.61. The lowest BCUT2D eigenvalue weighted by Gasteiger charge is -2.13. The van der Waals surface area contributed by atoms with E-state index in [9.17, 15) is 14.7 Å². The first-order valence-corrected chi connectivity index (χ1v) is 9.01. The average molecular weight is 364 g/mol. The van der Waals surface area contributed by atoms with Gasteiger partial charge in [0.05, 0.1) is 19.1 Å². The highest BCUT2D eigenvalue weighted by molar-refractivity contribution is 6.02. The summed E-state index contributed by atoms with van der Waals surface area (Å²) < 4.78 is 1.48. The Kier molecular flexibility index (Phi) is 5.42. The smallest absolute Gasteiger partial charge is 0.258 e. The number of aliphatic hydroxyl groups excluding tert-OH is 1. The van der Waals surface area contributed by atoms with Crippen molar-refractivity contribution in [1.29, 1.82) is 0 Å². The van der Waals surface area contributed by atoms with Gasteiger partial charge in [0, 0.05) is 22.7 Å². The second-order valence-electron chi connectivity index (χ2n) is 7.04. The van der Waals surface area contributed by atoms with Crippen LogP contribution in [-0.2, 0) is 17.8 Å². The summed E-state index contributed by atoms with van der Waals surface area (Å²) in [6, 6.07) is 13.1. The zero-order chi connectivity index (χ0) is 19.6. The number of anilines is 1. The number of nitrogens with zero attached hydrogens (tertiary/aromatic N) is 1. The summed E-state index contributed by atoms with van der Waals surface area (Å²) >= 11 is 0. The van der Waals surface area contributed by atoms with Crippen molar-refractivity contribution >= 4 is 22.4 Å². The van der Waals surface area contributed by atoms with Crippen LogP contribution < -0.4 is 10.9 Å². The summed E-state index contributed by atoms with van der Waals surface area (Å²) in [5.41, 5.74) is 3.62. The number of carbonyl (C=O) groups is 1. The minimum atomic E-state index is -0.611. The Hall–Kier alpha value is -2.92. The van der Waals surface area contributed by atoms with Crippen LogP contribution in [0.4, 0.5) is 5.69 Å². The molecular formula is C22H24N2O3. The first-order valence-electron chi connectivity index (χ1n) is 9.01. The van der Waals surface area contributed by atoms with Crippen LogP contribution >= 0.6 is 0 Å². The largest absolute Gasteiger partial charge is 0.392 e. The van der Waals surface area contributed by atoms with Gasteiger partial charge in [-0.05, 0) is 50.1 Å². The summed E-state index contributed by atoms with van der Waals surface area (Å²) in [5, 5.41) is 13.7. The second kappa shape index (κ2) is 7.76. The molecule has 1 aromatic heterocycles. The molecule has 140 valence electrons. The van der Waals surface area contributed by atoms with Crippen molar-refractivity contribution < 1.29 is 9.90 Å². The molecule has 2 aromatic carbocycles. The number of nitrogens with one attached hydrogen (secondary N) is 1. The maximum Gasteiger partial charge on any atom is 0.258 e. The molecule has 0 radical (unpaired) electrons. The molecule has 3 aromatic rings. The number of aliphatic hydroxyl groups is 1. The van der Waals surface area contributed by atoms with Crippen molar-refractivity contribution in [3.63, 3.8) is 0 Å². The Balaban J connectivity index is 1.88. The molecule has 1 heterocycles. The molecule has 0 bridgehead atoms. The molecule has 1 unspecified atom stereocenters. The van der Waals surface area contributed by atoms with Gasteiger partial charge in [0.1, 0.15) is 0 Å². The van der Waals surface area contributed by atoms with Crippen LogP contribution in [0.2, 0.25) is 0 Å². The van der Waals surface area contributed by atoms with E-state index in [4.69, 9.17) is 0 Å². The van der Waals surface area contributed by atoms with E-state index in [1.807, 2.05) is 32.0 Å². The van der Waals surface area contributed by atoms with Crippen LogP contribution in [0.3, 0.4) is 0 Å². The molecule has 0 spiro atoms. The third-order valence-corrected chi connectivity index (χ3v) is 4.61. The number of aryl methyl sites for hydroxylation is 2. The highest BCUT2D eigenvalue weighted by Crippen LogP contribution is 2.21. The van der Waals surface area contributed by atoms with Crippen molar-refractivity contribution in [2.45, 2.75) is 39.8 Å². The molecule has 3 rings (SSSR count). The fraction of sp³-hybridized carbons (Fsp3) is 0.273. The predicted molar refractivity (Wildman–Crippen MR) is 108 cm³/mol. The zero-order valence-corrected chi connectivity index (χ0v) is 15.8. The van der Waals surface area contributed by atoms with Crippen molar-refractivity contribution in [3.8, 4) is 0 Å². The Labute approximate surface area is 158 Å². The van der Waals surface area contributed by atoms with E-state index in [0.29, 0.717) is 16.5 Å². The number of benzene rings is 2. The van der Waals surface area contributed by atoms with E-state index in [-0.39, 0.29) is 24.4 Å². The summed E-state index contributed by atoms with van der Waals surface area (Å²) in [7, 11) is 0. The molecule has 2 N–H and O–H groups in total. The van der Waals surface area contributed by atoms with E-state index >= 15 is 0 Å². The molecule has 5 heteroatoms. The molecule has 0 saturated carbocycles. The van der Waals surface area contributed by atoms with Crippen LogP contribution in [-0.4, -0.2) is 21.7 Å². The third kappa shape index (κ3) is 4.26. The number of carbonyl (C=O) groups excluding carboxylic acids is 1. The number of hydrogen-bond donors (Lipinski definition) is 2. The number of fused-ring (bicyclic) bond motifs is 1. The number of rotatable bonds is 5. The zero-order valence-electron chi connectivity index (χ0n) is 15.8. The molecule has 1 atom stereocenters. The molecule has 0 fully saturated rings. The fourth-order valence-electron chi connectivity index (χ4n) is 3.21. The fourth-order valence-corrected chi connectivity index (χ4v) is 3.21. The van der Waals surface area contributed by atoms with Gasteiger partial charge in [0.25, 0.3) is 5.56 Å². The molecule has 0 aliphatic rings. The Morgan fingerprint density at radius 2 is 1.93 bits per heavy atom. The Morgan fingerprint density at radius 3 is 2.67 bits per heavy atom. The summed E-state index contributed by atoms with van der Waals surface area (Å²) in [4.78, 5) is 25.2. The molecule has 0 aliphatic heterocycles. The molecule has 0 saturated heterocycles. The molecule has 27 heavy (non-hydrogen) atoms. The lowest BCUT2D eigenvalue weighted by atomic mass is 10.0. The van der Waals surface area contributed by atoms with Crippen LogP contribution in [0.15, 0.2) is 53.5 Å². The van der Waals surface area contributed by atoms with Gasteiger partial charge in [-0.2, -0.15) is 0 Å². The SMILES string of the molecule is Cc1ccc(C)c(CC(=O)Nc2cccc3c(=O)n(CC(C)O)ccc23)c1. The second-order valence-corrected chi connectivity index (χ2v) is 7.04. The first-order chi connectivity index (χ1) is 12.8. The lowest BCUT2D eigenvalue weighted by Crippen LogP contribution is -2.25. The average Bonchev–Trinajstić information content (AvgIpc) is 2.61. The minimum Gasteiger partial charge on any atom is -0.392 e. The monoisotopic (exact) mass is 364 g/mol. The highest BCUT2D eigenvalue weighted by atomic mass is 16.3. The van der Waals surface area contributed by atoms with E-state index in [1.54, 1.807) is 37.4 Å². The van der Waals surface area contributed by atoms with Crippen LogP contribution in [0.25, 0.3) is 10.8 Å². The van der Waals surface area contributed by atoms with Gasteiger partial charge in [0.15, 0.2) is 0 Å². The molecule has 0 aliphatic carbocycles. The van der Waals surface area contributed by atoms with Crippen molar-refractivity contribution in [3.05, 3.63) is 75.7 Å². The van der Waals surface area contributed by atoms with Gasteiger partial charge >= 0.3 is 0 Å². The lowest BCUT2D eigenvalue weighted by molar-refractivity contribution is -0.115. The number of aromatic nitrogens is 1. The van der Waals surface area contributed by atoms with Crippen LogP contribution in [0.1, 0.15) is 23.6 Å². The van der Waals surface area contributed by atoms with E-state index in [1.165, 1.54) is 4.57 Å². The number of pyridine rings is 1. The van der Waals surface area contributed by atoms with Crippen molar-refractivity contribution in [2.75, 3.05) is 5.32 Å². The van der Waals surface area contributed by atoms with E-state index < -0.39 is 6.10 Å². The topological polar surface area (TPSA) is 71.3 Å². The van der Waals surface area contributed by atoms with Gasteiger partial charge in [-0.15, -0.1) is 0 Å². The van der Waals surface area contributed by atoms with E-state index in [0.717, 1.165) is 16.7 Å². The quantitative estimate of drug-likeness (QED) is 0.730. The van der Waals surface area contributed by atoms with Gasteiger partial charge < -0.3 is 15.0 Å². The summed E-state index contributed by atoms with van der Waals surface area (Å²) in [6.45, 7) is 5.87. The molecule has 5 nitrogen and oxygen atoms in total. The first kappa shape index (κ1) is 18.9. The van der Waals surface area contributed by atoms with E-state index in [2.05, 4.69) is 5.32 Å².